The van der Waals surface area contributed by atoms with E-state index in [4.69, 9.17) is 0 Å². The van der Waals surface area contributed by atoms with Gasteiger partial charge in [0.05, 0.1) is 0 Å². The van der Waals surface area contributed by atoms with Crippen molar-refractivity contribution in [3.05, 3.63) is 0 Å². The summed E-state index contributed by atoms with van der Waals surface area (Å²) in [5, 5.41) is 2.90. The van der Waals surface area contributed by atoms with Crippen LogP contribution in [0.15, 0.2) is 0 Å². The number of nitrogens with zero attached hydrogens (tertiary/aromatic N) is 1. The molecule has 4 heteroatoms. The van der Waals surface area contributed by atoms with Gasteiger partial charge in [0.25, 0.3) is 0 Å². The van der Waals surface area contributed by atoms with Crippen LogP contribution >= 0.6 is 0 Å². The molecular formula is C15H28N2O2. The lowest BCUT2D eigenvalue weighted by Gasteiger charge is -2.43. The minimum absolute atomic E-state index is 0.00769. The van der Waals surface area contributed by atoms with Crippen LogP contribution in [0.1, 0.15) is 48.0 Å². The molecule has 110 valence electrons. The third-order valence-electron chi connectivity index (χ3n) is 3.86. The maximum Gasteiger partial charge on any atom is 0.246 e. The van der Waals surface area contributed by atoms with E-state index in [1.807, 2.05) is 25.7 Å². The highest BCUT2D eigenvalue weighted by atomic mass is 16.2. The van der Waals surface area contributed by atoms with E-state index >= 15 is 0 Å². The second kappa shape index (κ2) is 6.40. The van der Waals surface area contributed by atoms with Crippen molar-refractivity contribution in [1.29, 1.82) is 0 Å². The molecule has 1 aliphatic rings. The van der Waals surface area contributed by atoms with Gasteiger partial charge in [-0.3, -0.25) is 9.59 Å². The van der Waals surface area contributed by atoms with Gasteiger partial charge in [-0.2, -0.15) is 0 Å². The predicted molar refractivity (Wildman–Crippen MR) is 76.6 cm³/mol. The average molecular weight is 268 g/mol. The van der Waals surface area contributed by atoms with Gasteiger partial charge in [0, 0.05) is 6.54 Å². The summed E-state index contributed by atoms with van der Waals surface area (Å²) in [6.45, 7) is 12.9. The van der Waals surface area contributed by atoms with Gasteiger partial charge in [0.15, 0.2) is 0 Å². The molecule has 0 saturated carbocycles. The molecule has 1 aliphatic heterocycles. The van der Waals surface area contributed by atoms with Gasteiger partial charge in [0.1, 0.15) is 12.1 Å². The highest BCUT2D eigenvalue weighted by molar-refractivity contribution is 5.97. The largest absolute Gasteiger partial charge is 0.342 e. The van der Waals surface area contributed by atoms with Crippen LogP contribution in [0.25, 0.3) is 0 Å². The van der Waals surface area contributed by atoms with Gasteiger partial charge in [0.2, 0.25) is 11.8 Å². The van der Waals surface area contributed by atoms with E-state index < -0.39 is 0 Å². The molecule has 0 spiro atoms. The molecule has 1 heterocycles. The van der Waals surface area contributed by atoms with E-state index in [0.29, 0.717) is 12.5 Å². The van der Waals surface area contributed by atoms with Gasteiger partial charge < -0.3 is 10.2 Å². The van der Waals surface area contributed by atoms with Gasteiger partial charge in [-0.15, -0.1) is 0 Å². The molecule has 2 amide bonds. The van der Waals surface area contributed by atoms with Crippen LogP contribution in [0.3, 0.4) is 0 Å². The Morgan fingerprint density at radius 3 is 2.16 bits per heavy atom. The molecule has 4 nitrogen and oxygen atoms in total. The Balaban J connectivity index is 3.03. The van der Waals surface area contributed by atoms with Crippen LogP contribution in [0, 0.1) is 17.8 Å². The predicted octanol–water partition coefficient (Wildman–Crippen LogP) is 2.04. The summed E-state index contributed by atoms with van der Waals surface area (Å²) >= 11 is 0. The van der Waals surface area contributed by atoms with Crippen molar-refractivity contribution in [1.82, 2.24) is 10.2 Å². The number of hydrogen-bond donors (Lipinski definition) is 1. The highest BCUT2D eigenvalue weighted by Crippen LogP contribution is 2.23. The van der Waals surface area contributed by atoms with E-state index in [2.05, 4.69) is 26.1 Å². The molecule has 0 aliphatic carbocycles. The third-order valence-corrected chi connectivity index (χ3v) is 3.86. The van der Waals surface area contributed by atoms with Crippen LogP contribution in [0.5, 0.6) is 0 Å². The summed E-state index contributed by atoms with van der Waals surface area (Å²) < 4.78 is 0. The fourth-order valence-electron chi connectivity index (χ4n) is 2.60. The molecule has 19 heavy (non-hydrogen) atoms. The monoisotopic (exact) mass is 268 g/mol. The lowest BCUT2D eigenvalue weighted by atomic mass is 9.90. The number of hydrogen-bond acceptors (Lipinski definition) is 2. The zero-order valence-corrected chi connectivity index (χ0v) is 13.1. The van der Waals surface area contributed by atoms with Crippen molar-refractivity contribution in [3.8, 4) is 0 Å². The Kier molecular flexibility index (Phi) is 5.39. The van der Waals surface area contributed by atoms with Gasteiger partial charge >= 0.3 is 0 Å². The second-order valence-electron chi connectivity index (χ2n) is 6.45. The summed E-state index contributed by atoms with van der Waals surface area (Å²) in [6.07, 6.45) is 0.895. The number of amides is 2. The molecule has 3 unspecified atom stereocenters. The second-order valence-corrected chi connectivity index (χ2v) is 6.45. The molecule has 0 aromatic carbocycles. The molecule has 3 atom stereocenters. The van der Waals surface area contributed by atoms with Crippen molar-refractivity contribution in [3.63, 3.8) is 0 Å². The average Bonchev–Trinajstić information content (AvgIpc) is 2.31. The molecule has 0 bridgehead atoms. The van der Waals surface area contributed by atoms with Crippen LogP contribution in [-0.4, -0.2) is 35.3 Å². The lowest BCUT2D eigenvalue weighted by Crippen LogP contribution is -2.66. The maximum absolute atomic E-state index is 12.6. The van der Waals surface area contributed by atoms with Crippen LogP contribution < -0.4 is 5.32 Å². The molecule has 0 aromatic rings. The fourth-order valence-corrected chi connectivity index (χ4v) is 2.60. The van der Waals surface area contributed by atoms with E-state index in [0.717, 1.165) is 6.42 Å². The third kappa shape index (κ3) is 3.48. The lowest BCUT2D eigenvalue weighted by molar-refractivity contribution is -0.153. The summed E-state index contributed by atoms with van der Waals surface area (Å²) in [4.78, 5) is 26.7. The highest BCUT2D eigenvalue weighted by Gasteiger charge is 2.43. The first-order chi connectivity index (χ1) is 8.79. The Labute approximate surface area is 116 Å². The first-order valence-electron chi connectivity index (χ1n) is 7.40. The van der Waals surface area contributed by atoms with Crippen molar-refractivity contribution in [2.45, 2.75) is 60.0 Å². The normalized spacial score (nSPS) is 26.0. The minimum Gasteiger partial charge on any atom is -0.342 e. The standard InChI is InChI=1S/C15H28N2O2/c1-7-11(6)13-14(18)16-12(10(4)5)15(19)17(13)8-9(2)3/h9-13H,7-8H2,1-6H3,(H,16,18). The van der Waals surface area contributed by atoms with E-state index in [1.54, 1.807) is 0 Å². The van der Waals surface area contributed by atoms with Gasteiger partial charge in [-0.05, 0) is 17.8 Å². The topological polar surface area (TPSA) is 49.4 Å². The number of nitrogens with one attached hydrogen (secondary N) is 1. The van der Waals surface area contributed by atoms with E-state index in [9.17, 15) is 9.59 Å². The molecule has 1 saturated heterocycles. The maximum atomic E-state index is 12.6. The molecule has 1 N–H and O–H groups in total. The SMILES string of the molecule is CCC(C)C1C(=O)NC(C(C)C)C(=O)N1CC(C)C. The van der Waals surface area contributed by atoms with E-state index in [1.165, 1.54) is 0 Å². The Bertz CT molecular complexity index is 339. The Hall–Kier alpha value is -1.06. The summed E-state index contributed by atoms with van der Waals surface area (Å²) in [7, 11) is 0. The molecule has 1 rings (SSSR count). The minimum atomic E-state index is -0.369. The number of carbonyl (C=O) groups excluding carboxylic acids is 2. The molecular weight excluding hydrogens is 240 g/mol. The quantitative estimate of drug-likeness (QED) is 0.829. The smallest absolute Gasteiger partial charge is 0.246 e. The van der Waals surface area contributed by atoms with Crippen LogP contribution in [0.4, 0.5) is 0 Å². The molecule has 1 fully saturated rings. The molecule has 0 radical (unpaired) electrons. The fraction of sp³-hybridized carbons (Fsp3) is 0.867. The van der Waals surface area contributed by atoms with Crippen molar-refractivity contribution in [2.75, 3.05) is 6.54 Å². The van der Waals surface area contributed by atoms with Crippen molar-refractivity contribution < 1.29 is 9.59 Å². The van der Waals surface area contributed by atoms with Crippen molar-refractivity contribution in [2.24, 2.45) is 17.8 Å². The van der Waals surface area contributed by atoms with E-state index in [-0.39, 0.29) is 35.7 Å². The summed E-state index contributed by atoms with van der Waals surface area (Å²) in [6, 6.07) is -0.679. The summed E-state index contributed by atoms with van der Waals surface area (Å²) in [5.41, 5.74) is 0. The van der Waals surface area contributed by atoms with Crippen LogP contribution in [-0.2, 0) is 9.59 Å². The molecule has 0 aromatic heterocycles. The van der Waals surface area contributed by atoms with Crippen LogP contribution in [0.2, 0.25) is 0 Å². The number of rotatable bonds is 5. The Morgan fingerprint density at radius 2 is 1.74 bits per heavy atom. The first-order valence-corrected chi connectivity index (χ1v) is 7.40. The van der Waals surface area contributed by atoms with Gasteiger partial charge in [-0.1, -0.05) is 48.0 Å². The van der Waals surface area contributed by atoms with Gasteiger partial charge in [-0.25, -0.2) is 0 Å². The summed E-state index contributed by atoms with van der Waals surface area (Å²) in [5.74, 6) is 0.774. The van der Waals surface area contributed by atoms with Crippen molar-refractivity contribution >= 4 is 11.8 Å². The zero-order chi connectivity index (χ0) is 14.7. The number of piperazine rings is 1. The Morgan fingerprint density at radius 1 is 1.16 bits per heavy atom. The first kappa shape index (κ1) is 16.0. The number of carbonyl (C=O) groups is 2. The zero-order valence-electron chi connectivity index (χ0n) is 13.1.